The normalized spacial score (nSPS) is 25.1. The predicted octanol–water partition coefficient (Wildman–Crippen LogP) is 3.25. The van der Waals surface area contributed by atoms with Gasteiger partial charge in [-0.1, -0.05) is 47.0 Å². The van der Waals surface area contributed by atoms with Crippen molar-refractivity contribution in [1.29, 1.82) is 0 Å². The monoisotopic (exact) mass is 401 g/mol. The van der Waals surface area contributed by atoms with Gasteiger partial charge in [-0.3, -0.25) is 9.59 Å². The summed E-state index contributed by atoms with van der Waals surface area (Å²) in [5.41, 5.74) is 0. The molecule has 1 heterocycles. The van der Waals surface area contributed by atoms with Crippen LogP contribution < -0.4 is 0 Å². The summed E-state index contributed by atoms with van der Waals surface area (Å²) in [6.45, 7) is 0. The first-order valence-corrected chi connectivity index (χ1v) is 6.59. The Hall–Kier alpha value is 1.15. The van der Waals surface area contributed by atoms with Crippen LogP contribution in [0.15, 0.2) is 12.2 Å². The van der Waals surface area contributed by atoms with Gasteiger partial charge in [0, 0.05) is 11.9 Å². The van der Waals surface area contributed by atoms with Crippen LogP contribution in [-0.4, -0.2) is 19.2 Å². The highest BCUT2D eigenvalue weighted by Gasteiger charge is 2.49. The third-order valence-electron chi connectivity index (χ3n) is 2.66. The van der Waals surface area contributed by atoms with Gasteiger partial charge in [0.05, 0.1) is 11.8 Å². The Labute approximate surface area is 152 Å². The van der Waals surface area contributed by atoms with E-state index in [0.717, 1.165) is 4.31 Å². The maximum absolute atomic E-state index is 11.9. The summed E-state index contributed by atoms with van der Waals surface area (Å²) in [6.07, 6.45) is 5.00. The maximum Gasteiger partial charge on any atom is 0.256 e. The largest absolute Gasteiger partial charge is 0.273 e. The molecule has 2 amide bonds. The number of carbonyl (C=O) groups is 2. The first-order valence-electron chi connectivity index (χ1n) is 4.69. The topological polar surface area (TPSA) is 37.4 Å². The molecule has 0 spiro atoms. The van der Waals surface area contributed by atoms with Crippen LogP contribution in [0.2, 0.25) is 0 Å². The number of allylic oxidation sites excluding steroid dienone is 2. The van der Waals surface area contributed by atoms with Crippen molar-refractivity contribution in [3.63, 3.8) is 0 Å². The van der Waals surface area contributed by atoms with Gasteiger partial charge in [0.15, 0.2) is 0 Å². The molecule has 0 radical (unpaired) electrons. The molecule has 1 saturated heterocycles. The molecule has 2 rings (SSSR count). The second kappa shape index (κ2) is 8.56. The first kappa shape index (κ1) is 22.4. The molecule has 2 atom stereocenters. The summed E-state index contributed by atoms with van der Waals surface area (Å²) in [4.78, 5) is 23.8. The van der Waals surface area contributed by atoms with Crippen molar-refractivity contribution in [3.05, 3.63) is 12.2 Å². The molecule has 3 nitrogen and oxygen atoms in total. The molecule has 19 heavy (non-hydrogen) atoms. The minimum absolute atomic E-state index is 0. The molecular formula is C9H14Cl3NO2S4. The summed E-state index contributed by atoms with van der Waals surface area (Å²) < 4.78 is -0.693. The lowest BCUT2D eigenvalue weighted by Crippen LogP contribution is -2.26. The van der Waals surface area contributed by atoms with Crippen LogP contribution in [0.3, 0.4) is 0 Å². The smallest absolute Gasteiger partial charge is 0.256 e. The Bertz CT molecular complexity index is 349. The minimum Gasteiger partial charge on any atom is -0.273 e. The van der Waals surface area contributed by atoms with Crippen molar-refractivity contribution in [2.75, 3.05) is 0 Å². The van der Waals surface area contributed by atoms with Crippen molar-refractivity contribution < 1.29 is 9.59 Å². The SMILES string of the molecule is O=C1C2CC=CCC2C(=O)N1SC(Cl)(Cl)Cl.S.S.S. The van der Waals surface area contributed by atoms with Gasteiger partial charge in [-0.05, 0) is 12.8 Å². The van der Waals surface area contributed by atoms with Gasteiger partial charge in [0.1, 0.15) is 0 Å². The Kier molecular flexibility index (Phi) is 10.1. The van der Waals surface area contributed by atoms with E-state index in [2.05, 4.69) is 0 Å². The van der Waals surface area contributed by atoms with E-state index in [9.17, 15) is 9.59 Å². The van der Waals surface area contributed by atoms with Gasteiger partial charge in [0.25, 0.3) is 3.12 Å². The van der Waals surface area contributed by atoms with Crippen molar-refractivity contribution in [3.8, 4) is 0 Å². The molecule has 2 aliphatic rings. The van der Waals surface area contributed by atoms with E-state index in [0.29, 0.717) is 24.8 Å². The van der Waals surface area contributed by atoms with Crippen LogP contribution in [0.1, 0.15) is 12.8 Å². The molecule has 112 valence electrons. The molecule has 10 heteroatoms. The molecular weight excluding hydrogens is 389 g/mol. The molecule has 0 aromatic carbocycles. The number of halogens is 3. The summed E-state index contributed by atoms with van der Waals surface area (Å²) in [5.74, 6) is -1.07. The van der Waals surface area contributed by atoms with Crippen molar-refractivity contribution in [1.82, 2.24) is 4.31 Å². The summed E-state index contributed by atoms with van der Waals surface area (Å²) in [5, 5.41) is 0. The fourth-order valence-corrected chi connectivity index (χ4v) is 3.24. The molecule has 0 bridgehead atoms. The molecule has 1 aliphatic carbocycles. The Morgan fingerprint density at radius 1 is 1.00 bits per heavy atom. The number of hydrogen-bond acceptors (Lipinski definition) is 3. The predicted molar refractivity (Wildman–Crippen MR) is 96.2 cm³/mol. The molecule has 1 fully saturated rings. The van der Waals surface area contributed by atoms with E-state index in [-0.39, 0.29) is 64.1 Å². The lowest BCUT2D eigenvalue weighted by atomic mass is 9.85. The Morgan fingerprint density at radius 3 is 1.68 bits per heavy atom. The van der Waals surface area contributed by atoms with E-state index >= 15 is 0 Å². The van der Waals surface area contributed by atoms with Crippen LogP contribution in [0, 0.1) is 11.8 Å². The number of rotatable bonds is 1. The number of amides is 2. The van der Waals surface area contributed by atoms with Crippen molar-refractivity contribution in [2.24, 2.45) is 11.8 Å². The number of carbonyl (C=O) groups excluding carboxylic acids is 2. The highest BCUT2D eigenvalue weighted by Crippen LogP contribution is 2.46. The van der Waals surface area contributed by atoms with Gasteiger partial charge in [-0.15, -0.1) is 0 Å². The lowest BCUT2D eigenvalue weighted by molar-refractivity contribution is -0.133. The zero-order valence-corrected chi connectivity index (χ0v) is 15.6. The van der Waals surface area contributed by atoms with Gasteiger partial charge in [-0.25, -0.2) is 4.31 Å². The number of imide groups is 1. The van der Waals surface area contributed by atoms with E-state index < -0.39 is 3.12 Å². The van der Waals surface area contributed by atoms with Crippen LogP contribution >= 0.6 is 87.2 Å². The number of alkyl halides is 3. The van der Waals surface area contributed by atoms with E-state index in [1.165, 1.54) is 0 Å². The Balaban J connectivity index is 0. The van der Waals surface area contributed by atoms with Crippen LogP contribution in [0.5, 0.6) is 0 Å². The summed E-state index contributed by atoms with van der Waals surface area (Å²) >= 11 is 17.4. The highest BCUT2D eigenvalue weighted by molar-refractivity contribution is 8.03. The fourth-order valence-electron chi connectivity index (χ4n) is 1.96. The quantitative estimate of drug-likeness (QED) is 0.292. The lowest BCUT2D eigenvalue weighted by Gasteiger charge is -2.17. The van der Waals surface area contributed by atoms with Crippen molar-refractivity contribution >= 4 is 99.1 Å². The second-order valence-electron chi connectivity index (χ2n) is 3.66. The zero-order valence-electron chi connectivity index (χ0n) is 9.53. The van der Waals surface area contributed by atoms with E-state index in [4.69, 9.17) is 34.8 Å². The molecule has 0 saturated carbocycles. The van der Waals surface area contributed by atoms with Gasteiger partial charge in [0.2, 0.25) is 11.8 Å². The Morgan fingerprint density at radius 2 is 1.37 bits per heavy atom. The number of nitrogens with zero attached hydrogens (tertiary/aromatic N) is 1. The van der Waals surface area contributed by atoms with E-state index in [1.807, 2.05) is 12.2 Å². The molecule has 2 unspecified atom stereocenters. The summed E-state index contributed by atoms with van der Waals surface area (Å²) in [6, 6.07) is 0. The molecule has 1 aliphatic heterocycles. The molecule has 0 aromatic heterocycles. The second-order valence-corrected chi connectivity index (χ2v) is 7.78. The standard InChI is InChI=1S/C9H8Cl3NO2S.3H2S/c10-9(11,12)16-13-7(14)5-3-1-2-4-6(5)8(13)15;;;/h1-2,5-6H,3-4H2;3*1H2. The van der Waals surface area contributed by atoms with Crippen LogP contribution in [0.25, 0.3) is 0 Å². The van der Waals surface area contributed by atoms with Gasteiger partial charge < -0.3 is 0 Å². The first-order chi connectivity index (χ1) is 7.40. The van der Waals surface area contributed by atoms with E-state index in [1.54, 1.807) is 0 Å². The van der Waals surface area contributed by atoms with Gasteiger partial charge >= 0.3 is 0 Å². The minimum atomic E-state index is -1.69. The van der Waals surface area contributed by atoms with Crippen LogP contribution in [-0.2, 0) is 9.59 Å². The maximum atomic E-state index is 11.9. The molecule has 0 aromatic rings. The summed E-state index contributed by atoms with van der Waals surface area (Å²) in [7, 11) is 0. The zero-order chi connectivity index (χ0) is 11.9. The van der Waals surface area contributed by atoms with Crippen LogP contribution in [0.4, 0.5) is 0 Å². The average Bonchev–Trinajstić information content (AvgIpc) is 2.43. The van der Waals surface area contributed by atoms with Gasteiger partial charge in [-0.2, -0.15) is 40.5 Å². The molecule has 0 N–H and O–H groups in total. The fraction of sp³-hybridized carbons (Fsp3) is 0.556. The van der Waals surface area contributed by atoms with Crippen molar-refractivity contribution in [2.45, 2.75) is 16.0 Å². The number of fused-ring (bicyclic) bond motifs is 1. The third kappa shape index (κ3) is 5.13. The average molecular weight is 403 g/mol. The number of hydrogen-bond donors (Lipinski definition) is 0. The third-order valence-corrected chi connectivity index (χ3v) is 4.03. The highest BCUT2D eigenvalue weighted by atomic mass is 35.6.